The van der Waals surface area contributed by atoms with E-state index >= 15 is 0 Å². The molecule has 1 saturated heterocycles. The second-order valence-corrected chi connectivity index (χ2v) is 8.76. The number of hydrogen-bond donors (Lipinski definition) is 1. The van der Waals surface area contributed by atoms with Crippen LogP contribution in [-0.4, -0.2) is 41.1 Å². The maximum absolute atomic E-state index is 12.6. The van der Waals surface area contributed by atoms with E-state index in [9.17, 15) is 9.59 Å². The van der Waals surface area contributed by atoms with Crippen molar-refractivity contribution in [2.24, 2.45) is 0 Å². The Balaban J connectivity index is 1.06. The van der Waals surface area contributed by atoms with E-state index in [1.165, 1.54) is 0 Å². The topological polar surface area (TPSA) is 90.0 Å². The van der Waals surface area contributed by atoms with Crippen LogP contribution in [0.5, 0.6) is 23.1 Å². The summed E-state index contributed by atoms with van der Waals surface area (Å²) in [5, 5.41) is 2.83. The first kappa shape index (κ1) is 24.8. The molecule has 0 aliphatic carbocycles. The van der Waals surface area contributed by atoms with Crippen LogP contribution in [0.15, 0.2) is 103 Å². The Hall–Kier alpha value is -4.85. The van der Waals surface area contributed by atoms with Gasteiger partial charge in [0.05, 0.1) is 0 Å². The van der Waals surface area contributed by atoms with Crippen molar-refractivity contribution in [3.63, 3.8) is 0 Å². The highest BCUT2D eigenvalue weighted by molar-refractivity contribution is 6.04. The minimum absolute atomic E-state index is 0.00844. The Morgan fingerprint density at radius 2 is 1.42 bits per heavy atom. The van der Waals surface area contributed by atoms with Crippen LogP contribution in [0.1, 0.15) is 23.2 Å². The zero-order valence-corrected chi connectivity index (χ0v) is 20.7. The van der Waals surface area contributed by atoms with Crippen molar-refractivity contribution in [1.29, 1.82) is 0 Å². The summed E-state index contributed by atoms with van der Waals surface area (Å²) in [7, 11) is 0. The number of benzene rings is 3. The van der Waals surface area contributed by atoms with Gasteiger partial charge in [0.2, 0.25) is 5.88 Å². The summed E-state index contributed by atoms with van der Waals surface area (Å²) in [5.41, 5.74) is 1.19. The summed E-state index contributed by atoms with van der Waals surface area (Å²) in [4.78, 5) is 30.8. The second-order valence-electron chi connectivity index (χ2n) is 8.76. The lowest BCUT2D eigenvalue weighted by atomic mass is 10.1. The molecule has 1 aliphatic rings. The van der Waals surface area contributed by atoms with Crippen LogP contribution in [0.25, 0.3) is 0 Å². The third kappa shape index (κ3) is 6.67. The van der Waals surface area contributed by atoms with Crippen molar-refractivity contribution in [3.8, 4) is 23.1 Å². The van der Waals surface area contributed by atoms with Crippen molar-refractivity contribution in [2.75, 3.05) is 18.4 Å². The van der Waals surface area contributed by atoms with Gasteiger partial charge in [-0.05, 0) is 66.7 Å². The number of rotatable bonds is 7. The van der Waals surface area contributed by atoms with E-state index in [2.05, 4.69) is 10.3 Å². The average Bonchev–Trinajstić information content (AvgIpc) is 2.96. The van der Waals surface area contributed by atoms with Crippen LogP contribution in [0, 0.1) is 0 Å². The van der Waals surface area contributed by atoms with Gasteiger partial charge in [-0.2, -0.15) is 0 Å². The van der Waals surface area contributed by atoms with Crippen LogP contribution in [0.4, 0.5) is 10.5 Å². The highest BCUT2D eigenvalue weighted by Crippen LogP contribution is 2.25. The molecular weight excluding hydrogens is 482 g/mol. The standard InChI is InChI=1S/C30H27N3O5/c34-29(22-6-2-1-3-7-22)32-23-9-11-26(12-10-23)38-30(35)33-20-17-27(18-21-33)36-24-13-15-25(16-14-24)37-28-8-4-5-19-31-28/h1-16,19,27H,17-18,20-21H2,(H,32,34). The molecular formula is C30H27N3O5. The molecule has 192 valence electrons. The quantitative estimate of drug-likeness (QED) is 0.321. The normalized spacial score (nSPS) is 13.4. The van der Waals surface area contributed by atoms with Crippen LogP contribution in [0.2, 0.25) is 0 Å². The summed E-state index contributed by atoms with van der Waals surface area (Å²) >= 11 is 0. The van der Waals surface area contributed by atoms with E-state index in [0.29, 0.717) is 54.6 Å². The fourth-order valence-corrected chi connectivity index (χ4v) is 4.03. The van der Waals surface area contributed by atoms with Crippen LogP contribution in [0.3, 0.4) is 0 Å². The molecule has 3 aromatic carbocycles. The second kappa shape index (κ2) is 11.9. The third-order valence-electron chi connectivity index (χ3n) is 6.04. The lowest BCUT2D eigenvalue weighted by molar-refractivity contribution is 0.0929. The Bertz CT molecular complexity index is 1340. The Labute approximate surface area is 220 Å². The predicted molar refractivity (Wildman–Crippen MR) is 143 cm³/mol. The molecule has 1 fully saturated rings. The molecule has 1 N–H and O–H groups in total. The zero-order valence-electron chi connectivity index (χ0n) is 20.7. The van der Waals surface area contributed by atoms with Gasteiger partial charge >= 0.3 is 6.09 Å². The smallest absolute Gasteiger partial charge is 0.415 e. The number of pyridine rings is 1. The summed E-state index contributed by atoms with van der Waals surface area (Å²) in [6, 6.07) is 28.6. The van der Waals surface area contributed by atoms with E-state index in [-0.39, 0.29) is 12.0 Å². The van der Waals surface area contributed by atoms with Crippen molar-refractivity contribution in [2.45, 2.75) is 18.9 Å². The number of piperidine rings is 1. The Morgan fingerprint density at radius 1 is 0.763 bits per heavy atom. The molecule has 2 heterocycles. The maximum atomic E-state index is 12.6. The molecule has 4 aromatic rings. The fraction of sp³-hybridized carbons (Fsp3) is 0.167. The Morgan fingerprint density at radius 3 is 2.11 bits per heavy atom. The Kier molecular flexibility index (Phi) is 7.79. The average molecular weight is 510 g/mol. The number of anilines is 1. The van der Waals surface area contributed by atoms with Crippen molar-refractivity contribution in [1.82, 2.24) is 9.88 Å². The summed E-state index contributed by atoms with van der Waals surface area (Å²) < 4.78 is 17.3. The molecule has 0 atom stereocenters. The molecule has 0 saturated carbocycles. The van der Waals surface area contributed by atoms with Crippen LogP contribution >= 0.6 is 0 Å². The highest BCUT2D eigenvalue weighted by atomic mass is 16.6. The first-order valence-corrected chi connectivity index (χ1v) is 12.4. The monoisotopic (exact) mass is 509 g/mol. The number of ether oxygens (including phenoxy) is 3. The number of amides is 2. The van der Waals surface area contributed by atoms with Crippen LogP contribution < -0.4 is 19.5 Å². The molecule has 1 aromatic heterocycles. The number of likely N-dealkylation sites (tertiary alicyclic amines) is 1. The lowest BCUT2D eigenvalue weighted by Gasteiger charge is -2.31. The third-order valence-corrected chi connectivity index (χ3v) is 6.04. The number of carbonyl (C=O) groups is 2. The molecule has 5 rings (SSSR count). The molecule has 0 bridgehead atoms. The van der Waals surface area contributed by atoms with Gasteiger partial charge in [0.15, 0.2) is 0 Å². The molecule has 1 aliphatic heterocycles. The molecule has 2 amide bonds. The summed E-state index contributed by atoms with van der Waals surface area (Å²) in [6.07, 6.45) is 2.69. The summed E-state index contributed by atoms with van der Waals surface area (Å²) in [6.45, 7) is 1.07. The van der Waals surface area contributed by atoms with E-state index < -0.39 is 6.09 Å². The van der Waals surface area contributed by atoms with E-state index in [1.54, 1.807) is 53.6 Å². The minimum Gasteiger partial charge on any atom is -0.490 e. The molecule has 8 nitrogen and oxygen atoms in total. The number of aromatic nitrogens is 1. The van der Waals surface area contributed by atoms with Gasteiger partial charge in [-0.25, -0.2) is 9.78 Å². The number of hydrogen-bond acceptors (Lipinski definition) is 6. The van der Waals surface area contributed by atoms with Gasteiger partial charge in [-0.15, -0.1) is 0 Å². The SMILES string of the molecule is O=C(Nc1ccc(OC(=O)N2CCC(Oc3ccc(Oc4ccccn4)cc3)CC2)cc1)c1ccccc1. The van der Waals surface area contributed by atoms with Crippen LogP contribution in [-0.2, 0) is 0 Å². The maximum Gasteiger partial charge on any atom is 0.415 e. The lowest BCUT2D eigenvalue weighted by Crippen LogP contribution is -2.43. The molecule has 0 spiro atoms. The number of nitrogens with zero attached hydrogens (tertiary/aromatic N) is 2. The van der Waals surface area contributed by atoms with E-state index in [0.717, 1.165) is 5.75 Å². The van der Waals surface area contributed by atoms with E-state index in [1.807, 2.05) is 54.6 Å². The van der Waals surface area contributed by atoms with Crippen molar-refractivity contribution < 1.29 is 23.8 Å². The first-order chi connectivity index (χ1) is 18.6. The molecule has 0 unspecified atom stereocenters. The van der Waals surface area contributed by atoms with Gasteiger partial charge in [0.1, 0.15) is 23.4 Å². The predicted octanol–water partition coefficient (Wildman–Crippen LogP) is 6.17. The number of carbonyl (C=O) groups excluding carboxylic acids is 2. The highest BCUT2D eigenvalue weighted by Gasteiger charge is 2.25. The van der Waals surface area contributed by atoms with Crippen molar-refractivity contribution >= 4 is 17.7 Å². The largest absolute Gasteiger partial charge is 0.490 e. The fourth-order valence-electron chi connectivity index (χ4n) is 4.03. The first-order valence-electron chi connectivity index (χ1n) is 12.4. The van der Waals surface area contributed by atoms with Gasteiger partial charge in [-0.3, -0.25) is 4.79 Å². The molecule has 38 heavy (non-hydrogen) atoms. The number of nitrogens with one attached hydrogen (secondary N) is 1. The molecule has 8 heteroatoms. The molecule has 0 radical (unpaired) electrons. The van der Waals surface area contributed by atoms with Gasteiger partial charge in [0, 0.05) is 49.4 Å². The minimum atomic E-state index is -0.402. The van der Waals surface area contributed by atoms with E-state index in [4.69, 9.17) is 14.2 Å². The van der Waals surface area contributed by atoms with Gasteiger partial charge in [0.25, 0.3) is 5.91 Å². The van der Waals surface area contributed by atoms with Crippen molar-refractivity contribution in [3.05, 3.63) is 109 Å². The summed E-state index contributed by atoms with van der Waals surface area (Å²) in [5.74, 6) is 2.18. The van der Waals surface area contributed by atoms with Gasteiger partial charge < -0.3 is 24.4 Å². The zero-order chi connectivity index (χ0) is 26.2. The van der Waals surface area contributed by atoms with Gasteiger partial charge in [-0.1, -0.05) is 24.3 Å².